The Morgan fingerprint density at radius 3 is 2.62 bits per heavy atom. The van der Waals surface area contributed by atoms with E-state index < -0.39 is 0 Å². The zero-order valence-corrected chi connectivity index (χ0v) is 18.4. The average molecular weight is 417 g/mol. The number of amides is 1. The van der Waals surface area contributed by atoms with Crippen molar-refractivity contribution in [2.45, 2.75) is 39.2 Å². The predicted octanol–water partition coefficient (Wildman–Crippen LogP) is 3.93. The lowest BCUT2D eigenvalue weighted by molar-refractivity contribution is 0.0767. The monoisotopic (exact) mass is 416 g/mol. The first kappa shape index (κ1) is 21.5. The molecule has 1 aliphatic heterocycles. The Morgan fingerprint density at radius 1 is 1.14 bits per heavy atom. The van der Waals surface area contributed by atoms with E-state index in [1.54, 1.807) is 19.2 Å². The van der Waals surface area contributed by atoms with Gasteiger partial charge in [-0.2, -0.15) is 0 Å². The van der Waals surface area contributed by atoms with Gasteiger partial charge in [-0.3, -0.25) is 4.79 Å². The van der Waals surface area contributed by atoms with Gasteiger partial charge in [0.05, 0.1) is 12.3 Å². The SMILES string of the molecule is COCc1cc(N2CCCN(C(=O)c3cccc(Cl)c3)CC2)nc(C(C)(C)C)n1. The normalized spacial score (nSPS) is 15.3. The van der Waals surface area contributed by atoms with E-state index in [4.69, 9.17) is 21.3 Å². The Bertz CT molecular complexity index is 866. The van der Waals surface area contributed by atoms with Crippen LogP contribution in [0.5, 0.6) is 0 Å². The second-order valence-electron chi connectivity index (χ2n) is 8.37. The number of halogens is 1. The highest BCUT2D eigenvalue weighted by molar-refractivity contribution is 6.30. The van der Waals surface area contributed by atoms with Crippen molar-refractivity contribution in [3.8, 4) is 0 Å². The fraction of sp³-hybridized carbons (Fsp3) is 0.500. The molecular weight excluding hydrogens is 388 g/mol. The first-order valence-corrected chi connectivity index (χ1v) is 10.3. The van der Waals surface area contributed by atoms with Gasteiger partial charge in [-0.25, -0.2) is 9.97 Å². The van der Waals surface area contributed by atoms with Crippen molar-refractivity contribution < 1.29 is 9.53 Å². The van der Waals surface area contributed by atoms with Crippen LogP contribution in [0.1, 0.15) is 49.1 Å². The molecule has 0 bridgehead atoms. The standard InChI is InChI=1S/C22H29ClN4O2/c1-22(2,3)21-24-18(15-29-4)14-19(25-21)26-9-6-10-27(12-11-26)20(28)16-7-5-8-17(23)13-16/h5,7-8,13-14H,6,9-12,15H2,1-4H3. The molecule has 0 N–H and O–H groups in total. The molecule has 1 fully saturated rings. The lowest BCUT2D eigenvalue weighted by atomic mass is 9.95. The van der Waals surface area contributed by atoms with Gasteiger partial charge in [-0.15, -0.1) is 0 Å². The van der Waals surface area contributed by atoms with Crippen molar-refractivity contribution in [3.63, 3.8) is 0 Å². The highest BCUT2D eigenvalue weighted by Gasteiger charge is 2.24. The van der Waals surface area contributed by atoms with Crippen LogP contribution in [-0.4, -0.2) is 54.1 Å². The molecule has 0 atom stereocenters. The molecule has 6 nitrogen and oxygen atoms in total. The number of hydrogen-bond acceptors (Lipinski definition) is 5. The summed E-state index contributed by atoms with van der Waals surface area (Å²) in [5.74, 6) is 1.72. The molecule has 7 heteroatoms. The van der Waals surface area contributed by atoms with Gasteiger partial charge in [0, 0.05) is 55.4 Å². The quantitative estimate of drug-likeness (QED) is 0.755. The second-order valence-corrected chi connectivity index (χ2v) is 8.80. The van der Waals surface area contributed by atoms with E-state index in [-0.39, 0.29) is 11.3 Å². The van der Waals surface area contributed by atoms with Crippen LogP contribution in [0.2, 0.25) is 5.02 Å². The van der Waals surface area contributed by atoms with Crippen molar-refractivity contribution in [2.24, 2.45) is 0 Å². The number of benzene rings is 1. The van der Waals surface area contributed by atoms with Gasteiger partial charge in [0.1, 0.15) is 11.6 Å². The van der Waals surface area contributed by atoms with Crippen molar-refractivity contribution >= 4 is 23.3 Å². The molecule has 2 heterocycles. The molecule has 1 aromatic heterocycles. The number of carbonyl (C=O) groups excluding carboxylic acids is 1. The van der Waals surface area contributed by atoms with Crippen LogP contribution in [0.4, 0.5) is 5.82 Å². The summed E-state index contributed by atoms with van der Waals surface area (Å²) in [5.41, 5.74) is 1.35. The third kappa shape index (κ3) is 5.46. The molecule has 1 aliphatic rings. The molecule has 29 heavy (non-hydrogen) atoms. The van der Waals surface area contributed by atoms with Gasteiger partial charge in [0.15, 0.2) is 0 Å². The van der Waals surface area contributed by atoms with E-state index >= 15 is 0 Å². The van der Waals surface area contributed by atoms with Crippen molar-refractivity contribution in [1.82, 2.24) is 14.9 Å². The number of ether oxygens (including phenoxy) is 1. The third-order valence-electron chi connectivity index (χ3n) is 4.91. The lowest BCUT2D eigenvalue weighted by Crippen LogP contribution is -2.35. The van der Waals surface area contributed by atoms with Crippen LogP contribution in [-0.2, 0) is 16.8 Å². The maximum Gasteiger partial charge on any atom is 0.253 e. The topological polar surface area (TPSA) is 58.6 Å². The van der Waals surface area contributed by atoms with Crippen LogP contribution < -0.4 is 4.90 Å². The van der Waals surface area contributed by atoms with Crippen LogP contribution in [0.15, 0.2) is 30.3 Å². The van der Waals surface area contributed by atoms with Gasteiger partial charge in [-0.05, 0) is 24.6 Å². The minimum Gasteiger partial charge on any atom is -0.378 e. The van der Waals surface area contributed by atoms with Crippen molar-refractivity contribution in [2.75, 3.05) is 38.2 Å². The molecule has 0 spiro atoms. The van der Waals surface area contributed by atoms with Gasteiger partial charge >= 0.3 is 0 Å². The minimum atomic E-state index is -0.154. The summed E-state index contributed by atoms with van der Waals surface area (Å²) in [4.78, 5) is 26.5. The van der Waals surface area contributed by atoms with E-state index in [0.717, 1.165) is 36.8 Å². The molecule has 3 rings (SSSR count). The maximum absolute atomic E-state index is 12.9. The molecule has 1 aromatic carbocycles. The van der Waals surface area contributed by atoms with Crippen molar-refractivity contribution in [1.29, 1.82) is 0 Å². The Labute approximate surface area is 177 Å². The summed E-state index contributed by atoms with van der Waals surface area (Å²) < 4.78 is 5.30. The second kappa shape index (κ2) is 9.09. The van der Waals surface area contributed by atoms with E-state index in [2.05, 4.69) is 30.7 Å². The third-order valence-corrected chi connectivity index (χ3v) is 5.14. The van der Waals surface area contributed by atoms with Crippen LogP contribution in [0.3, 0.4) is 0 Å². The first-order chi connectivity index (χ1) is 13.8. The zero-order chi connectivity index (χ0) is 21.0. The Balaban J connectivity index is 1.78. The number of carbonyl (C=O) groups is 1. The van der Waals surface area contributed by atoms with Gasteiger partial charge < -0.3 is 14.5 Å². The van der Waals surface area contributed by atoms with E-state index in [1.165, 1.54) is 0 Å². The van der Waals surface area contributed by atoms with Gasteiger partial charge in [0.2, 0.25) is 0 Å². The molecule has 1 saturated heterocycles. The molecule has 0 unspecified atom stereocenters. The zero-order valence-electron chi connectivity index (χ0n) is 17.6. The fourth-order valence-corrected chi connectivity index (χ4v) is 3.55. The van der Waals surface area contributed by atoms with E-state index in [1.807, 2.05) is 23.1 Å². The highest BCUT2D eigenvalue weighted by atomic mass is 35.5. The first-order valence-electron chi connectivity index (χ1n) is 9.95. The Kier molecular flexibility index (Phi) is 6.75. The molecule has 1 amide bonds. The van der Waals surface area contributed by atoms with Crippen LogP contribution in [0, 0.1) is 0 Å². The molecule has 0 aliphatic carbocycles. The van der Waals surface area contributed by atoms with Gasteiger partial charge in [0.25, 0.3) is 5.91 Å². The Morgan fingerprint density at radius 2 is 1.93 bits per heavy atom. The van der Waals surface area contributed by atoms with E-state index in [0.29, 0.717) is 30.3 Å². The average Bonchev–Trinajstić information content (AvgIpc) is 2.93. The van der Waals surface area contributed by atoms with Crippen LogP contribution in [0.25, 0.3) is 0 Å². The minimum absolute atomic E-state index is 0.0208. The number of nitrogens with zero attached hydrogens (tertiary/aromatic N) is 4. The van der Waals surface area contributed by atoms with E-state index in [9.17, 15) is 4.79 Å². The number of aromatic nitrogens is 2. The number of methoxy groups -OCH3 is 1. The Hall–Kier alpha value is -2.18. The molecular formula is C22H29ClN4O2. The number of rotatable bonds is 4. The highest BCUT2D eigenvalue weighted by Crippen LogP contribution is 2.24. The smallest absolute Gasteiger partial charge is 0.253 e. The summed E-state index contributed by atoms with van der Waals surface area (Å²) in [6.07, 6.45) is 0.876. The van der Waals surface area contributed by atoms with Gasteiger partial charge in [-0.1, -0.05) is 38.4 Å². The lowest BCUT2D eigenvalue weighted by Gasteiger charge is -2.25. The molecule has 0 radical (unpaired) electrons. The number of hydrogen-bond donors (Lipinski definition) is 0. The largest absolute Gasteiger partial charge is 0.378 e. The summed E-state index contributed by atoms with van der Waals surface area (Å²) in [5, 5.41) is 0.577. The molecule has 156 valence electrons. The maximum atomic E-state index is 12.9. The summed E-state index contributed by atoms with van der Waals surface area (Å²) >= 11 is 6.05. The summed E-state index contributed by atoms with van der Waals surface area (Å²) in [6.45, 7) is 9.69. The number of anilines is 1. The fourth-order valence-electron chi connectivity index (χ4n) is 3.36. The summed E-state index contributed by atoms with van der Waals surface area (Å²) in [6, 6.07) is 9.12. The molecule has 0 saturated carbocycles. The van der Waals surface area contributed by atoms with Crippen molar-refractivity contribution in [3.05, 3.63) is 52.4 Å². The summed E-state index contributed by atoms with van der Waals surface area (Å²) in [7, 11) is 1.67. The predicted molar refractivity (Wildman–Crippen MR) is 116 cm³/mol. The molecule has 2 aromatic rings. The van der Waals surface area contributed by atoms with Crippen LogP contribution >= 0.6 is 11.6 Å².